The van der Waals surface area contributed by atoms with Crippen molar-refractivity contribution < 1.29 is 23.7 Å². The van der Waals surface area contributed by atoms with Crippen molar-refractivity contribution in [2.45, 2.75) is 95.9 Å². The summed E-state index contributed by atoms with van der Waals surface area (Å²) < 4.78 is 26.1. The molecular weight excluding hydrogens is 374 g/mol. The number of carbonyl (C=O) groups is 1. The Bertz CT molecular complexity index is 722. The molecule has 3 fully saturated rings. The molecule has 8 heteroatoms. The molecule has 1 spiro atoms. The molecule has 3 aliphatic rings. The summed E-state index contributed by atoms with van der Waals surface area (Å²) in [4.78, 5) is 16.5. The second kappa shape index (κ2) is 7.96. The van der Waals surface area contributed by atoms with Crippen LogP contribution in [0.25, 0.3) is 0 Å². The Balaban J connectivity index is 1.59. The largest absolute Gasteiger partial charge is 0.460 e. The third-order valence-corrected chi connectivity index (χ3v) is 6.10. The minimum Gasteiger partial charge on any atom is -0.460 e. The van der Waals surface area contributed by atoms with E-state index in [4.69, 9.17) is 18.9 Å². The zero-order valence-corrected chi connectivity index (χ0v) is 17.9. The van der Waals surface area contributed by atoms with Crippen molar-refractivity contribution in [3.8, 4) is 0 Å². The average Bonchev–Trinajstić information content (AvgIpc) is 3.34. The predicted octanol–water partition coefficient (Wildman–Crippen LogP) is 3.28. The molecule has 1 aromatic heterocycles. The Morgan fingerprint density at radius 3 is 2.66 bits per heavy atom. The zero-order chi connectivity index (χ0) is 20.6. The molecule has 2 aliphatic carbocycles. The van der Waals surface area contributed by atoms with Gasteiger partial charge in [-0.2, -0.15) is 5.10 Å². The van der Waals surface area contributed by atoms with Crippen LogP contribution in [0.1, 0.15) is 82.9 Å². The normalized spacial score (nSPS) is 31.2. The number of esters is 1. The van der Waals surface area contributed by atoms with Crippen LogP contribution in [0, 0.1) is 5.92 Å². The number of hydrogen-bond acceptors (Lipinski definition) is 7. The molecule has 0 unspecified atom stereocenters. The van der Waals surface area contributed by atoms with Crippen molar-refractivity contribution >= 4 is 5.97 Å². The lowest BCUT2D eigenvalue weighted by atomic mass is 9.94. The predicted molar refractivity (Wildman–Crippen MR) is 104 cm³/mol. The van der Waals surface area contributed by atoms with E-state index in [2.05, 4.69) is 30.9 Å². The summed E-state index contributed by atoms with van der Waals surface area (Å²) in [6.45, 7) is 8.84. The van der Waals surface area contributed by atoms with Gasteiger partial charge in [0.05, 0.1) is 31.0 Å². The van der Waals surface area contributed by atoms with E-state index >= 15 is 0 Å². The maximum absolute atomic E-state index is 12.4. The second-order valence-electron chi connectivity index (χ2n) is 9.37. The van der Waals surface area contributed by atoms with E-state index in [9.17, 15) is 4.79 Å². The van der Waals surface area contributed by atoms with E-state index < -0.39 is 11.8 Å². The molecule has 0 N–H and O–H groups in total. The molecule has 29 heavy (non-hydrogen) atoms. The fourth-order valence-electron chi connectivity index (χ4n) is 4.82. The first-order chi connectivity index (χ1) is 13.8. The molecule has 1 aromatic rings. The summed E-state index contributed by atoms with van der Waals surface area (Å²) in [5, 5.41) is 4.37. The average molecular weight is 408 g/mol. The molecule has 162 valence electrons. The van der Waals surface area contributed by atoms with Crippen molar-refractivity contribution in [3.63, 3.8) is 0 Å². The Hall–Kier alpha value is -1.51. The second-order valence-corrected chi connectivity index (χ2v) is 9.37. The van der Waals surface area contributed by atoms with Gasteiger partial charge in [-0.1, -0.05) is 6.42 Å². The van der Waals surface area contributed by atoms with Crippen LogP contribution in [0.4, 0.5) is 0 Å². The number of carbonyl (C=O) groups excluding carboxylic acids is 1. The molecule has 0 aromatic carbocycles. The molecule has 1 aliphatic heterocycles. The smallest absolute Gasteiger partial charge is 0.376 e. The maximum atomic E-state index is 12.4. The van der Waals surface area contributed by atoms with Crippen LogP contribution in [0.15, 0.2) is 6.33 Å². The van der Waals surface area contributed by atoms with Crippen molar-refractivity contribution in [1.82, 2.24) is 14.8 Å². The first-order valence-electron chi connectivity index (χ1n) is 10.9. The van der Waals surface area contributed by atoms with E-state index in [0.717, 1.165) is 32.1 Å². The van der Waals surface area contributed by atoms with Gasteiger partial charge >= 0.3 is 5.97 Å². The summed E-state index contributed by atoms with van der Waals surface area (Å²) in [6.07, 6.45) is 7.22. The fraction of sp³-hybridized carbons (Fsp3) is 0.857. The van der Waals surface area contributed by atoms with Crippen molar-refractivity contribution in [1.29, 1.82) is 0 Å². The van der Waals surface area contributed by atoms with Crippen LogP contribution in [0.2, 0.25) is 0 Å². The highest BCUT2D eigenvalue weighted by atomic mass is 16.8. The summed E-state index contributed by atoms with van der Waals surface area (Å²) in [6, 6.07) is -0.128. The van der Waals surface area contributed by atoms with Crippen LogP contribution in [-0.4, -0.2) is 57.5 Å². The van der Waals surface area contributed by atoms with Crippen LogP contribution >= 0.6 is 0 Å². The van der Waals surface area contributed by atoms with E-state index in [1.54, 1.807) is 11.6 Å². The van der Waals surface area contributed by atoms with Gasteiger partial charge in [0.2, 0.25) is 5.82 Å². The quantitative estimate of drug-likeness (QED) is 0.693. The lowest BCUT2D eigenvalue weighted by molar-refractivity contribution is -0.207. The highest BCUT2D eigenvalue weighted by Crippen LogP contribution is 2.51. The molecule has 4 atom stereocenters. The number of aromatic nitrogens is 3. The highest BCUT2D eigenvalue weighted by molar-refractivity contribution is 5.85. The van der Waals surface area contributed by atoms with Gasteiger partial charge in [0.15, 0.2) is 5.79 Å². The van der Waals surface area contributed by atoms with Gasteiger partial charge in [0.25, 0.3) is 0 Å². The van der Waals surface area contributed by atoms with Crippen LogP contribution in [0.3, 0.4) is 0 Å². The van der Waals surface area contributed by atoms with Gasteiger partial charge in [0, 0.05) is 18.8 Å². The van der Waals surface area contributed by atoms with Crippen molar-refractivity contribution in [3.05, 3.63) is 12.2 Å². The van der Waals surface area contributed by atoms with Gasteiger partial charge in [-0.25, -0.2) is 14.5 Å². The first-order valence-corrected chi connectivity index (χ1v) is 10.9. The highest BCUT2D eigenvalue weighted by Gasteiger charge is 2.58. The topological polar surface area (TPSA) is 84.7 Å². The number of rotatable bonds is 5. The SMILES string of the molecule is CCOC(=O)c1ncnn1[C@@H]1C[C@H](COC(C)(C)C)[C@H]2OC3(CCCCC3)O[C@H]21. The molecule has 4 rings (SSSR count). The Labute approximate surface area is 172 Å². The number of fused-ring (bicyclic) bond motifs is 1. The molecular formula is C21H33N3O5. The zero-order valence-electron chi connectivity index (χ0n) is 17.9. The summed E-state index contributed by atoms with van der Waals surface area (Å²) >= 11 is 0. The van der Waals surface area contributed by atoms with Crippen molar-refractivity contribution in [2.75, 3.05) is 13.2 Å². The standard InChI is InChI=1S/C21H33N3O5/c1-5-26-19(25)18-22-13-23-24(18)15-11-14(12-27-20(2,3)4)16-17(15)29-21(28-16)9-7-6-8-10-21/h13-17H,5-12H2,1-4H3/t14-,15-,16-,17+/m1/s1. The number of ether oxygens (including phenoxy) is 4. The van der Waals surface area contributed by atoms with E-state index in [1.807, 2.05) is 0 Å². The van der Waals surface area contributed by atoms with E-state index in [0.29, 0.717) is 13.2 Å². The number of hydrogen-bond donors (Lipinski definition) is 0. The third-order valence-electron chi connectivity index (χ3n) is 6.10. The molecule has 1 saturated heterocycles. The Morgan fingerprint density at radius 1 is 1.24 bits per heavy atom. The van der Waals surface area contributed by atoms with Crippen molar-refractivity contribution in [2.24, 2.45) is 5.92 Å². The molecule has 2 heterocycles. The van der Waals surface area contributed by atoms with Crippen LogP contribution in [0.5, 0.6) is 0 Å². The lowest BCUT2D eigenvalue weighted by Crippen LogP contribution is -2.36. The minimum atomic E-state index is -0.503. The fourth-order valence-corrected chi connectivity index (χ4v) is 4.82. The Kier molecular flexibility index (Phi) is 5.70. The summed E-state index contributed by atoms with van der Waals surface area (Å²) in [7, 11) is 0. The summed E-state index contributed by atoms with van der Waals surface area (Å²) in [5.41, 5.74) is -0.223. The minimum absolute atomic E-state index is 0.0697. The summed E-state index contributed by atoms with van der Waals surface area (Å²) in [5.74, 6) is -0.565. The van der Waals surface area contributed by atoms with E-state index in [1.165, 1.54) is 12.7 Å². The maximum Gasteiger partial charge on any atom is 0.376 e. The monoisotopic (exact) mass is 407 g/mol. The van der Waals surface area contributed by atoms with Gasteiger partial charge < -0.3 is 18.9 Å². The van der Waals surface area contributed by atoms with Gasteiger partial charge in [-0.05, 0) is 47.0 Å². The third kappa shape index (κ3) is 4.20. The van der Waals surface area contributed by atoms with Gasteiger partial charge in [0.1, 0.15) is 12.4 Å². The van der Waals surface area contributed by atoms with Crippen LogP contribution < -0.4 is 0 Å². The van der Waals surface area contributed by atoms with E-state index in [-0.39, 0.29) is 35.6 Å². The molecule has 0 amide bonds. The number of nitrogens with zero attached hydrogens (tertiary/aromatic N) is 3. The first kappa shape index (κ1) is 20.8. The molecule has 0 bridgehead atoms. The Morgan fingerprint density at radius 2 is 1.97 bits per heavy atom. The molecule has 8 nitrogen and oxygen atoms in total. The van der Waals surface area contributed by atoms with Gasteiger partial charge in [-0.3, -0.25) is 0 Å². The van der Waals surface area contributed by atoms with Crippen LogP contribution in [-0.2, 0) is 18.9 Å². The van der Waals surface area contributed by atoms with Gasteiger partial charge in [-0.15, -0.1) is 0 Å². The molecule has 0 radical (unpaired) electrons. The lowest BCUT2D eigenvalue weighted by Gasteiger charge is -2.34. The molecule has 2 saturated carbocycles.